The molecule has 0 saturated carbocycles. The molecule has 3 aromatic rings. The van der Waals surface area contributed by atoms with Crippen molar-refractivity contribution in [3.05, 3.63) is 35.8 Å². The van der Waals surface area contributed by atoms with Crippen LogP contribution in [0.1, 0.15) is 6.42 Å². The Balaban J connectivity index is 1.84. The maximum absolute atomic E-state index is 6.00. The molecule has 4 rings (SSSR count). The van der Waals surface area contributed by atoms with Gasteiger partial charge in [0, 0.05) is 32.4 Å². The number of thiophene rings is 1. The fraction of sp³-hybridized carbons (Fsp3) is 0.353. The standard InChI is InChI=1S/C17H19N5OS/c1-23-12-8-11(9-18)22(10-12)16-13-5-7-24-17(13)21-15(20-16)14-4-2-3-6-19-14/h2-7,11-12H,8-10,18H2,1H3/t11-,12+/m0/s1. The number of hydrogen-bond donors (Lipinski definition) is 1. The maximum Gasteiger partial charge on any atom is 0.181 e. The van der Waals surface area contributed by atoms with Gasteiger partial charge < -0.3 is 15.4 Å². The summed E-state index contributed by atoms with van der Waals surface area (Å²) in [6, 6.07) is 8.07. The van der Waals surface area contributed by atoms with E-state index in [-0.39, 0.29) is 12.1 Å². The lowest BCUT2D eigenvalue weighted by atomic mass is 10.2. The Morgan fingerprint density at radius 3 is 3.00 bits per heavy atom. The lowest BCUT2D eigenvalue weighted by Gasteiger charge is -2.25. The number of methoxy groups -OCH3 is 1. The molecule has 6 nitrogen and oxygen atoms in total. The number of fused-ring (bicyclic) bond motifs is 1. The molecule has 1 aliphatic rings. The first-order valence-electron chi connectivity index (χ1n) is 7.96. The van der Waals surface area contributed by atoms with E-state index >= 15 is 0 Å². The maximum atomic E-state index is 6.00. The number of rotatable bonds is 4. The zero-order chi connectivity index (χ0) is 16.5. The van der Waals surface area contributed by atoms with Crippen LogP contribution in [-0.2, 0) is 4.74 Å². The Bertz CT molecular complexity index is 837. The van der Waals surface area contributed by atoms with Crippen LogP contribution in [0.15, 0.2) is 35.8 Å². The normalized spacial score (nSPS) is 20.8. The van der Waals surface area contributed by atoms with Gasteiger partial charge in [0.1, 0.15) is 16.3 Å². The van der Waals surface area contributed by atoms with Gasteiger partial charge in [-0.3, -0.25) is 4.98 Å². The topological polar surface area (TPSA) is 77.2 Å². The summed E-state index contributed by atoms with van der Waals surface area (Å²) in [5.74, 6) is 1.58. The van der Waals surface area contributed by atoms with Crippen LogP contribution in [0.3, 0.4) is 0 Å². The van der Waals surface area contributed by atoms with E-state index in [1.807, 2.05) is 23.6 Å². The molecule has 1 saturated heterocycles. The van der Waals surface area contributed by atoms with Gasteiger partial charge >= 0.3 is 0 Å². The first-order valence-corrected chi connectivity index (χ1v) is 8.84. The third-order valence-corrected chi connectivity index (χ3v) is 5.26. The number of nitrogens with zero attached hydrogens (tertiary/aromatic N) is 4. The molecular formula is C17H19N5OS. The van der Waals surface area contributed by atoms with Crippen molar-refractivity contribution in [3.8, 4) is 11.5 Å². The summed E-state index contributed by atoms with van der Waals surface area (Å²) >= 11 is 1.62. The van der Waals surface area contributed by atoms with E-state index in [0.717, 1.165) is 34.7 Å². The summed E-state index contributed by atoms with van der Waals surface area (Å²) < 4.78 is 5.55. The summed E-state index contributed by atoms with van der Waals surface area (Å²) in [5, 5.41) is 3.11. The van der Waals surface area contributed by atoms with Gasteiger partial charge in [-0.15, -0.1) is 11.3 Å². The minimum atomic E-state index is 0.181. The zero-order valence-electron chi connectivity index (χ0n) is 13.4. The Morgan fingerprint density at radius 2 is 2.25 bits per heavy atom. The fourth-order valence-corrected chi connectivity index (χ4v) is 3.95. The van der Waals surface area contributed by atoms with Crippen LogP contribution in [0.5, 0.6) is 0 Å². The number of pyridine rings is 1. The van der Waals surface area contributed by atoms with Gasteiger partial charge in [-0.1, -0.05) is 6.07 Å². The van der Waals surface area contributed by atoms with Crippen molar-refractivity contribution >= 4 is 27.4 Å². The number of aromatic nitrogens is 3. The van der Waals surface area contributed by atoms with E-state index < -0.39 is 0 Å². The van der Waals surface area contributed by atoms with Gasteiger partial charge in [-0.2, -0.15) is 0 Å². The molecule has 2 atom stereocenters. The molecule has 0 spiro atoms. The first-order chi connectivity index (χ1) is 11.8. The number of ether oxygens (including phenoxy) is 1. The van der Waals surface area contributed by atoms with Crippen LogP contribution < -0.4 is 10.6 Å². The minimum Gasteiger partial charge on any atom is -0.380 e. The van der Waals surface area contributed by atoms with Crippen molar-refractivity contribution in [3.63, 3.8) is 0 Å². The average Bonchev–Trinajstić information content (AvgIpc) is 3.28. The second-order valence-electron chi connectivity index (χ2n) is 5.86. The average molecular weight is 341 g/mol. The van der Waals surface area contributed by atoms with E-state index in [0.29, 0.717) is 12.4 Å². The molecule has 0 aromatic carbocycles. The lowest BCUT2D eigenvalue weighted by molar-refractivity contribution is 0.118. The SMILES string of the molecule is CO[C@@H]1C[C@@H](CN)N(c2nc(-c3ccccn3)nc3sccc23)C1. The van der Waals surface area contributed by atoms with Gasteiger partial charge in [0.05, 0.1) is 11.5 Å². The molecule has 0 bridgehead atoms. The molecule has 1 fully saturated rings. The minimum absolute atomic E-state index is 0.181. The first kappa shape index (κ1) is 15.4. The Hall–Kier alpha value is -2.09. The molecule has 3 aromatic heterocycles. The quantitative estimate of drug-likeness (QED) is 0.785. The van der Waals surface area contributed by atoms with E-state index in [2.05, 4.69) is 20.9 Å². The van der Waals surface area contributed by atoms with Crippen molar-refractivity contribution in [1.82, 2.24) is 15.0 Å². The van der Waals surface area contributed by atoms with Crippen LogP contribution in [0.2, 0.25) is 0 Å². The highest BCUT2D eigenvalue weighted by molar-refractivity contribution is 7.16. The molecule has 4 heterocycles. The van der Waals surface area contributed by atoms with Crippen LogP contribution in [-0.4, -0.2) is 47.3 Å². The fourth-order valence-electron chi connectivity index (χ4n) is 3.20. The van der Waals surface area contributed by atoms with Crippen molar-refractivity contribution in [2.75, 3.05) is 25.1 Å². The van der Waals surface area contributed by atoms with Crippen LogP contribution in [0.25, 0.3) is 21.7 Å². The molecule has 0 radical (unpaired) electrons. The largest absolute Gasteiger partial charge is 0.380 e. The van der Waals surface area contributed by atoms with Gasteiger partial charge in [-0.05, 0) is 30.0 Å². The number of nitrogens with two attached hydrogens (primary N) is 1. The van der Waals surface area contributed by atoms with Crippen LogP contribution >= 0.6 is 11.3 Å². The molecular weight excluding hydrogens is 322 g/mol. The lowest BCUT2D eigenvalue weighted by Crippen LogP contribution is -2.36. The highest BCUT2D eigenvalue weighted by Gasteiger charge is 2.33. The molecule has 24 heavy (non-hydrogen) atoms. The van der Waals surface area contributed by atoms with Crippen LogP contribution in [0.4, 0.5) is 5.82 Å². The second-order valence-corrected chi connectivity index (χ2v) is 6.76. The zero-order valence-corrected chi connectivity index (χ0v) is 14.2. The monoisotopic (exact) mass is 341 g/mol. The van der Waals surface area contributed by atoms with Gasteiger partial charge in [0.2, 0.25) is 0 Å². The van der Waals surface area contributed by atoms with Crippen molar-refractivity contribution < 1.29 is 4.74 Å². The summed E-state index contributed by atoms with van der Waals surface area (Å²) in [4.78, 5) is 17.1. The summed E-state index contributed by atoms with van der Waals surface area (Å²) in [6.07, 6.45) is 2.86. The summed E-state index contributed by atoms with van der Waals surface area (Å²) in [6.45, 7) is 1.37. The van der Waals surface area contributed by atoms with Gasteiger partial charge in [-0.25, -0.2) is 9.97 Å². The summed E-state index contributed by atoms with van der Waals surface area (Å²) in [5.41, 5.74) is 6.78. The van der Waals surface area contributed by atoms with Crippen LogP contribution in [0, 0.1) is 0 Å². The Labute approximate surface area is 144 Å². The Morgan fingerprint density at radius 1 is 1.33 bits per heavy atom. The van der Waals surface area contributed by atoms with Gasteiger partial charge in [0.15, 0.2) is 5.82 Å². The van der Waals surface area contributed by atoms with Crippen molar-refractivity contribution in [1.29, 1.82) is 0 Å². The van der Waals surface area contributed by atoms with Crippen molar-refractivity contribution in [2.45, 2.75) is 18.6 Å². The molecule has 124 valence electrons. The van der Waals surface area contributed by atoms with Crippen molar-refractivity contribution in [2.24, 2.45) is 5.73 Å². The second kappa shape index (κ2) is 6.43. The van der Waals surface area contributed by atoms with E-state index in [9.17, 15) is 0 Å². The van der Waals surface area contributed by atoms with Gasteiger partial charge in [0.25, 0.3) is 0 Å². The molecule has 0 amide bonds. The Kier molecular flexibility index (Phi) is 4.13. The molecule has 0 unspecified atom stereocenters. The van der Waals surface area contributed by atoms with E-state index in [1.54, 1.807) is 24.6 Å². The van der Waals surface area contributed by atoms with E-state index in [4.69, 9.17) is 15.5 Å². The summed E-state index contributed by atoms with van der Waals surface area (Å²) in [7, 11) is 1.75. The number of hydrogen-bond acceptors (Lipinski definition) is 7. The molecule has 2 N–H and O–H groups in total. The number of anilines is 1. The third kappa shape index (κ3) is 2.64. The molecule has 7 heteroatoms. The van der Waals surface area contributed by atoms with E-state index in [1.165, 1.54) is 0 Å². The smallest absolute Gasteiger partial charge is 0.181 e. The predicted octanol–water partition coefficient (Wildman–Crippen LogP) is 2.31. The highest BCUT2D eigenvalue weighted by atomic mass is 32.1. The highest BCUT2D eigenvalue weighted by Crippen LogP contribution is 2.34. The molecule has 0 aliphatic carbocycles. The molecule has 1 aliphatic heterocycles. The third-order valence-electron chi connectivity index (χ3n) is 4.45. The predicted molar refractivity (Wildman–Crippen MR) is 96.2 cm³/mol.